The van der Waals surface area contributed by atoms with Crippen molar-refractivity contribution in [2.45, 2.75) is 11.3 Å². The quantitative estimate of drug-likeness (QED) is 0.726. The van der Waals surface area contributed by atoms with Gasteiger partial charge < -0.3 is 4.74 Å². The summed E-state index contributed by atoms with van der Waals surface area (Å²) in [4.78, 5) is 0.232. The summed E-state index contributed by atoms with van der Waals surface area (Å²) >= 11 is 0. The van der Waals surface area contributed by atoms with Crippen LogP contribution >= 0.6 is 0 Å². The smallest absolute Gasteiger partial charge is 0.261 e. The van der Waals surface area contributed by atoms with Gasteiger partial charge in [-0.2, -0.15) is 0 Å². The third-order valence-electron chi connectivity index (χ3n) is 3.82. The van der Waals surface area contributed by atoms with E-state index in [4.69, 9.17) is 4.74 Å². The number of hydrogen-bond acceptors (Lipinski definition) is 3. The minimum absolute atomic E-state index is 0.232. The molecule has 0 bridgehead atoms. The van der Waals surface area contributed by atoms with Gasteiger partial charge in [0, 0.05) is 17.7 Å². The van der Waals surface area contributed by atoms with Gasteiger partial charge in [-0.25, -0.2) is 8.42 Å². The van der Waals surface area contributed by atoms with Gasteiger partial charge in [0.15, 0.2) is 0 Å². The maximum Gasteiger partial charge on any atom is 0.261 e. The Bertz CT molecular complexity index is 939. The Balaban J connectivity index is 1.89. The van der Waals surface area contributed by atoms with Gasteiger partial charge in [-0.1, -0.05) is 48.5 Å². The van der Waals surface area contributed by atoms with Crippen LogP contribution in [-0.2, 0) is 16.4 Å². The van der Waals surface area contributed by atoms with Crippen LogP contribution in [0.3, 0.4) is 0 Å². The van der Waals surface area contributed by atoms with Gasteiger partial charge in [0.2, 0.25) is 0 Å². The van der Waals surface area contributed by atoms with Crippen molar-refractivity contribution in [3.63, 3.8) is 0 Å². The molecule has 4 nitrogen and oxygen atoms in total. The van der Waals surface area contributed by atoms with Crippen molar-refractivity contribution in [2.24, 2.45) is 0 Å². The monoisotopic (exact) mass is 353 g/mol. The van der Waals surface area contributed by atoms with Crippen molar-refractivity contribution >= 4 is 15.7 Å². The SMILES string of the molecule is COc1ccc(NS(=O)(=O)c2ccccc2)cc1Cc1ccccc1. The van der Waals surface area contributed by atoms with Gasteiger partial charge in [-0.3, -0.25) is 4.72 Å². The fraction of sp³-hybridized carbons (Fsp3) is 0.100. The predicted octanol–water partition coefficient (Wildman–Crippen LogP) is 4.09. The molecule has 0 unspecified atom stereocenters. The zero-order valence-corrected chi connectivity index (χ0v) is 14.7. The van der Waals surface area contributed by atoms with Crippen LogP contribution in [0.5, 0.6) is 5.75 Å². The first-order valence-corrected chi connectivity index (χ1v) is 9.35. The van der Waals surface area contributed by atoms with E-state index in [1.165, 1.54) is 0 Å². The number of anilines is 1. The van der Waals surface area contributed by atoms with E-state index in [1.807, 2.05) is 36.4 Å². The highest BCUT2D eigenvalue weighted by atomic mass is 32.2. The molecule has 3 aromatic rings. The maximum atomic E-state index is 12.5. The molecule has 0 aromatic heterocycles. The highest BCUT2D eigenvalue weighted by molar-refractivity contribution is 7.92. The molecule has 0 heterocycles. The summed E-state index contributed by atoms with van der Waals surface area (Å²) in [5.74, 6) is 0.728. The molecule has 3 rings (SSSR count). The van der Waals surface area contributed by atoms with Crippen molar-refractivity contribution < 1.29 is 13.2 Å². The number of rotatable bonds is 6. The van der Waals surface area contributed by atoms with Gasteiger partial charge >= 0.3 is 0 Å². The minimum Gasteiger partial charge on any atom is -0.496 e. The lowest BCUT2D eigenvalue weighted by Crippen LogP contribution is -2.13. The molecule has 0 saturated carbocycles. The molecule has 1 N–H and O–H groups in total. The molecule has 0 aliphatic carbocycles. The first kappa shape index (κ1) is 17.0. The van der Waals surface area contributed by atoms with Gasteiger partial charge in [0.05, 0.1) is 12.0 Å². The van der Waals surface area contributed by atoms with E-state index in [0.29, 0.717) is 12.1 Å². The number of nitrogens with one attached hydrogen (secondary N) is 1. The Kier molecular flexibility index (Phi) is 5.05. The summed E-state index contributed by atoms with van der Waals surface area (Å²) in [5.41, 5.74) is 2.56. The second-order valence-corrected chi connectivity index (χ2v) is 7.29. The van der Waals surface area contributed by atoms with Gasteiger partial charge in [0.1, 0.15) is 5.75 Å². The van der Waals surface area contributed by atoms with E-state index in [1.54, 1.807) is 49.6 Å². The van der Waals surface area contributed by atoms with Crippen molar-refractivity contribution in [3.8, 4) is 5.75 Å². The number of ether oxygens (including phenoxy) is 1. The second-order valence-electron chi connectivity index (χ2n) is 5.61. The van der Waals surface area contributed by atoms with Crippen molar-refractivity contribution in [1.29, 1.82) is 0 Å². The number of sulfonamides is 1. The Labute approximate surface area is 148 Å². The Hall–Kier alpha value is -2.79. The highest BCUT2D eigenvalue weighted by Gasteiger charge is 2.14. The zero-order chi connectivity index (χ0) is 17.7. The summed E-state index contributed by atoms with van der Waals surface area (Å²) < 4.78 is 33.0. The van der Waals surface area contributed by atoms with E-state index < -0.39 is 10.0 Å². The molecular weight excluding hydrogens is 334 g/mol. The van der Waals surface area contributed by atoms with Gasteiger partial charge in [-0.15, -0.1) is 0 Å². The molecule has 0 radical (unpaired) electrons. The van der Waals surface area contributed by atoms with E-state index in [0.717, 1.165) is 16.9 Å². The highest BCUT2D eigenvalue weighted by Crippen LogP contribution is 2.26. The Morgan fingerprint density at radius 1 is 0.880 bits per heavy atom. The summed E-state index contributed by atoms with van der Waals surface area (Å²) in [6, 6.07) is 23.6. The van der Waals surface area contributed by atoms with E-state index in [9.17, 15) is 8.42 Å². The van der Waals surface area contributed by atoms with Crippen molar-refractivity contribution in [1.82, 2.24) is 0 Å². The van der Waals surface area contributed by atoms with Crippen LogP contribution in [0.1, 0.15) is 11.1 Å². The molecule has 25 heavy (non-hydrogen) atoms. The molecular formula is C20H19NO3S. The number of methoxy groups -OCH3 is 1. The van der Waals surface area contributed by atoms with Crippen LogP contribution < -0.4 is 9.46 Å². The average molecular weight is 353 g/mol. The van der Waals surface area contributed by atoms with Gasteiger partial charge in [0.25, 0.3) is 10.0 Å². The predicted molar refractivity (Wildman–Crippen MR) is 99.5 cm³/mol. The molecule has 5 heteroatoms. The normalized spacial score (nSPS) is 11.1. The van der Waals surface area contributed by atoms with E-state index in [-0.39, 0.29) is 4.90 Å². The molecule has 0 amide bonds. The largest absolute Gasteiger partial charge is 0.496 e. The third-order valence-corrected chi connectivity index (χ3v) is 5.22. The van der Waals surface area contributed by atoms with Crippen LogP contribution in [0, 0.1) is 0 Å². The Morgan fingerprint density at radius 3 is 2.16 bits per heavy atom. The lowest BCUT2D eigenvalue weighted by Gasteiger charge is -2.13. The van der Waals surface area contributed by atoms with Crippen LogP contribution in [0.25, 0.3) is 0 Å². The maximum absolute atomic E-state index is 12.5. The molecule has 0 atom stereocenters. The number of hydrogen-bond donors (Lipinski definition) is 1. The standard InChI is InChI=1S/C20H19NO3S/c1-24-20-13-12-18(15-17(20)14-16-8-4-2-5-9-16)21-25(22,23)19-10-6-3-7-11-19/h2-13,15,21H,14H2,1H3. The fourth-order valence-corrected chi connectivity index (χ4v) is 3.68. The average Bonchev–Trinajstić information content (AvgIpc) is 2.63. The van der Waals surface area contributed by atoms with Crippen LogP contribution in [0.15, 0.2) is 83.8 Å². The van der Waals surface area contributed by atoms with Crippen LogP contribution in [-0.4, -0.2) is 15.5 Å². The van der Waals surface area contributed by atoms with Crippen molar-refractivity contribution in [2.75, 3.05) is 11.8 Å². The second kappa shape index (κ2) is 7.40. The molecule has 0 aliphatic heterocycles. The molecule has 3 aromatic carbocycles. The molecule has 128 valence electrons. The zero-order valence-electron chi connectivity index (χ0n) is 13.8. The summed E-state index contributed by atoms with van der Waals surface area (Å²) in [6.07, 6.45) is 0.658. The lowest BCUT2D eigenvalue weighted by molar-refractivity contribution is 0.410. The Morgan fingerprint density at radius 2 is 1.52 bits per heavy atom. The van der Waals surface area contributed by atoms with E-state index >= 15 is 0 Å². The van der Waals surface area contributed by atoms with Crippen molar-refractivity contribution in [3.05, 3.63) is 90.0 Å². The number of benzene rings is 3. The molecule has 0 fully saturated rings. The first-order valence-electron chi connectivity index (χ1n) is 7.87. The van der Waals surface area contributed by atoms with Gasteiger partial charge in [-0.05, 0) is 35.9 Å². The van der Waals surface area contributed by atoms with Crippen LogP contribution in [0.4, 0.5) is 5.69 Å². The van der Waals surface area contributed by atoms with E-state index in [2.05, 4.69) is 4.72 Å². The first-order chi connectivity index (χ1) is 12.1. The topological polar surface area (TPSA) is 55.4 Å². The van der Waals surface area contributed by atoms with Crippen LogP contribution in [0.2, 0.25) is 0 Å². The molecule has 0 aliphatic rings. The lowest BCUT2D eigenvalue weighted by atomic mass is 10.0. The fourth-order valence-electron chi connectivity index (χ4n) is 2.61. The summed E-state index contributed by atoms with van der Waals surface area (Å²) in [5, 5.41) is 0. The summed E-state index contributed by atoms with van der Waals surface area (Å²) in [7, 11) is -2.00. The molecule has 0 spiro atoms. The molecule has 0 saturated heterocycles. The minimum atomic E-state index is -3.61. The summed E-state index contributed by atoms with van der Waals surface area (Å²) in [6.45, 7) is 0. The third kappa shape index (κ3) is 4.19.